The van der Waals surface area contributed by atoms with Crippen LogP contribution >= 0.6 is 0 Å². The van der Waals surface area contributed by atoms with Gasteiger partial charge in [0.1, 0.15) is 11.6 Å². The summed E-state index contributed by atoms with van der Waals surface area (Å²) in [5.74, 6) is 1.81. The lowest BCUT2D eigenvalue weighted by molar-refractivity contribution is 0.168. The van der Waals surface area contributed by atoms with E-state index in [0.29, 0.717) is 13.1 Å². The second kappa shape index (κ2) is 7.94. The Morgan fingerprint density at radius 1 is 1.04 bits per heavy atom. The fourth-order valence-electron chi connectivity index (χ4n) is 3.58. The zero-order valence-corrected chi connectivity index (χ0v) is 17.0. The molecule has 1 saturated heterocycles. The third-order valence-electron chi connectivity index (χ3n) is 5.16. The molecular formula is C21H29N5O. The molecule has 0 bridgehead atoms. The molecule has 1 aromatic heterocycles. The van der Waals surface area contributed by atoms with E-state index in [1.807, 2.05) is 11.8 Å². The number of amides is 2. The minimum Gasteiger partial charge on any atom is -0.353 e. The summed E-state index contributed by atoms with van der Waals surface area (Å²) in [5.41, 5.74) is 4.80. The third kappa shape index (κ3) is 4.21. The van der Waals surface area contributed by atoms with Crippen LogP contribution in [0, 0.1) is 20.8 Å². The summed E-state index contributed by atoms with van der Waals surface area (Å²) in [6, 6.07) is 8.54. The first kappa shape index (κ1) is 19.1. The predicted molar refractivity (Wildman–Crippen MR) is 108 cm³/mol. The van der Waals surface area contributed by atoms with Gasteiger partial charge in [-0.05, 0) is 31.9 Å². The van der Waals surface area contributed by atoms with Gasteiger partial charge in [-0.15, -0.1) is 0 Å². The summed E-state index contributed by atoms with van der Waals surface area (Å²) in [6.07, 6.45) is 0.824. The Bertz CT molecular complexity index is 825. The number of aryl methyl sites for hydroxylation is 3. The Morgan fingerprint density at radius 3 is 2.33 bits per heavy atom. The van der Waals surface area contributed by atoms with Gasteiger partial charge in [0.25, 0.3) is 0 Å². The van der Waals surface area contributed by atoms with Gasteiger partial charge in [-0.1, -0.05) is 24.3 Å². The molecule has 1 aromatic carbocycles. The highest BCUT2D eigenvalue weighted by atomic mass is 16.2. The molecule has 144 valence electrons. The van der Waals surface area contributed by atoms with Crippen molar-refractivity contribution in [2.45, 2.75) is 27.2 Å². The molecule has 0 spiro atoms. The average Bonchev–Trinajstić information content (AvgIpc) is 2.64. The Kier molecular flexibility index (Phi) is 5.63. The van der Waals surface area contributed by atoms with Gasteiger partial charge in [-0.3, -0.25) is 0 Å². The van der Waals surface area contributed by atoms with Gasteiger partial charge in [0, 0.05) is 58.0 Å². The largest absolute Gasteiger partial charge is 0.353 e. The van der Waals surface area contributed by atoms with Crippen LogP contribution in [0.25, 0.3) is 0 Å². The number of aromatic nitrogens is 2. The summed E-state index contributed by atoms with van der Waals surface area (Å²) in [7, 11) is 3.60. The molecule has 1 aliphatic heterocycles. The molecule has 0 atom stereocenters. The van der Waals surface area contributed by atoms with Crippen molar-refractivity contribution < 1.29 is 4.79 Å². The van der Waals surface area contributed by atoms with E-state index in [2.05, 4.69) is 48.0 Å². The second-order valence-electron chi connectivity index (χ2n) is 7.41. The van der Waals surface area contributed by atoms with E-state index in [4.69, 9.17) is 4.98 Å². The first-order valence-corrected chi connectivity index (χ1v) is 9.46. The molecule has 6 heteroatoms. The number of urea groups is 1. The number of hydrogen-bond acceptors (Lipinski definition) is 4. The number of nitrogens with zero attached hydrogens (tertiary/aromatic N) is 5. The molecule has 1 fully saturated rings. The Hall–Kier alpha value is -2.63. The highest BCUT2D eigenvalue weighted by Crippen LogP contribution is 2.26. The van der Waals surface area contributed by atoms with Gasteiger partial charge in [0.15, 0.2) is 0 Å². The third-order valence-corrected chi connectivity index (χ3v) is 5.16. The number of carbonyl (C=O) groups is 1. The van der Waals surface area contributed by atoms with Crippen molar-refractivity contribution in [2.75, 3.05) is 45.2 Å². The Morgan fingerprint density at radius 2 is 1.70 bits per heavy atom. The van der Waals surface area contributed by atoms with Crippen molar-refractivity contribution >= 4 is 11.8 Å². The summed E-state index contributed by atoms with van der Waals surface area (Å²) >= 11 is 0. The van der Waals surface area contributed by atoms with Crippen molar-refractivity contribution in [2.24, 2.45) is 0 Å². The number of benzene rings is 1. The van der Waals surface area contributed by atoms with E-state index >= 15 is 0 Å². The topological polar surface area (TPSA) is 52.6 Å². The predicted octanol–water partition coefficient (Wildman–Crippen LogP) is 2.80. The summed E-state index contributed by atoms with van der Waals surface area (Å²) in [5, 5.41) is 0. The normalized spacial score (nSPS) is 14.4. The second-order valence-corrected chi connectivity index (χ2v) is 7.41. The van der Waals surface area contributed by atoms with Crippen LogP contribution in [0.4, 0.5) is 10.6 Å². The summed E-state index contributed by atoms with van der Waals surface area (Å²) in [6.45, 7) is 9.15. The lowest BCUT2D eigenvalue weighted by atomic mass is 9.99. The van der Waals surface area contributed by atoms with Crippen LogP contribution in [-0.2, 0) is 6.42 Å². The molecule has 0 aliphatic carbocycles. The van der Waals surface area contributed by atoms with E-state index in [0.717, 1.165) is 36.8 Å². The lowest BCUT2D eigenvalue weighted by Crippen LogP contribution is -2.52. The summed E-state index contributed by atoms with van der Waals surface area (Å²) in [4.78, 5) is 27.4. The first-order valence-electron chi connectivity index (χ1n) is 9.46. The maximum atomic E-state index is 12.2. The Balaban J connectivity index is 1.86. The van der Waals surface area contributed by atoms with Gasteiger partial charge in [0.2, 0.25) is 0 Å². The minimum absolute atomic E-state index is 0.0739. The Labute approximate surface area is 161 Å². The number of hydrogen-bond donors (Lipinski definition) is 0. The monoisotopic (exact) mass is 367 g/mol. The quantitative estimate of drug-likeness (QED) is 0.837. The maximum Gasteiger partial charge on any atom is 0.319 e. The molecular weight excluding hydrogens is 338 g/mol. The van der Waals surface area contributed by atoms with Gasteiger partial charge < -0.3 is 14.7 Å². The molecule has 0 radical (unpaired) electrons. The molecule has 1 aliphatic rings. The van der Waals surface area contributed by atoms with Crippen molar-refractivity contribution in [3.8, 4) is 0 Å². The van der Waals surface area contributed by atoms with Crippen LogP contribution in [0.5, 0.6) is 0 Å². The molecule has 3 rings (SSSR count). The summed E-state index contributed by atoms with van der Waals surface area (Å²) < 4.78 is 0. The molecule has 0 unspecified atom stereocenters. The number of anilines is 1. The lowest BCUT2D eigenvalue weighted by Gasteiger charge is -2.37. The van der Waals surface area contributed by atoms with Crippen LogP contribution in [0.3, 0.4) is 0 Å². The van der Waals surface area contributed by atoms with Crippen LogP contribution in [0.2, 0.25) is 0 Å². The minimum atomic E-state index is 0.0739. The SMILES string of the molecule is Cc1nc(C)c(Cc2ccccc2C)c(N2CCN(C(=O)N(C)C)CC2)n1. The molecule has 2 amide bonds. The van der Waals surface area contributed by atoms with Gasteiger partial charge in [0.05, 0.1) is 0 Å². The van der Waals surface area contributed by atoms with E-state index in [9.17, 15) is 4.79 Å². The van der Waals surface area contributed by atoms with Crippen molar-refractivity contribution in [1.29, 1.82) is 0 Å². The van der Waals surface area contributed by atoms with Gasteiger partial charge >= 0.3 is 6.03 Å². The van der Waals surface area contributed by atoms with E-state index in [1.54, 1.807) is 19.0 Å². The van der Waals surface area contributed by atoms with E-state index < -0.39 is 0 Å². The van der Waals surface area contributed by atoms with E-state index in [1.165, 1.54) is 16.7 Å². The highest BCUT2D eigenvalue weighted by molar-refractivity contribution is 5.74. The van der Waals surface area contributed by atoms with Gasteiger partial charge in [-0.25, -0.2) is 14.8 Å². The smallest absolute Gasteiger partial charge is 0.319 e. The highest BCUT2D eigenvalue weighted by Gasteiger charge is 2.25. The fourth-order valence-corrected chi connectivity index (χ4v) is 3.58. The average molecular weight is 367 g/mol. The number of piperazine rings is 1. The van der Waals surface area contributed by atoms with Gasteiger partial charge in [-0.2, -0.15) is 0 Å². The van der Waals surface area contributed by atoms with Crippen LogP contribution in [0.1, 0.15) is 28.2 Å². The van der Waals surface area contributed by atoms with Crippen LogP contribution in [-0.4, -0.2) is 66.1 Å². The zero-order valence-electron chi connectivity index (χ0n) is 17.0. The zero-order chi connectivity index (χ0) is 19.6. The molecule has 6 nitrogen and oxygen atoms in total. The standard InChI is InChI=1S/C21H29N5O/c1-15-8-6-7-9-18(15)14-19-16(2)22-17(3)23-20(19)25-10-12-26(13-11-25)21(27)24(4)5/h6-9H,10-14H2,1-5H3. The number of carbonyl (C=O) groups excluding carboxylic acids is 1. The maximum absolute atomic E-state index is 12.2. The molecule has 27 heavy (non-hydrogen) atoms. The van der Waals surface area contributed by atoms with E-state index in [-0.39, 0.29) is 6.03 Å². The number of rotatable bonds is 3. The molecule has 2 heterocycles. The van der Waals surface area contributed by atoms with Crippen LogP contribution in [0.15, 0.2) is 24.3 Å². The van der Waals surface area contributed by atoms with Crippen molar-refractivity contribution in [1.82, 2.24) is 19.8 Å². The first-order chi connectivity index (χ1) is 12.9. The molecule has 2 aromatic rings. The molecule has 0 saturated carbocycles. The van der Waals surface area contributed by atoms with Crippen molar-refractivity contribution in [3.05, 3.63) is 52.5 Å². The fraction of sp³-hybridized carbons (Fsp3) is 0.476. The van der Waals surface area contributed by atoms with Crippen molar-refractivity contribution in [3.63, 3.8) is 0 Å². The van der Waals surface area contributed by atoms with Crippen LogP contribution < -0.4 is 4.90 Å². The molecule has 0 N–H and O–H groups in total.